The SMILES string of the molecule is CCCC1CCCN1C.CNC(=O)c1cn2c3c(c(NCc4cccc(NC)c4)c(F)cc3c1=O)Oc1cc3ccccc3cc1-2. The van der Waals surface area contributed by atoms with E-state index in [2.05, 4.69) is 34.8 Å². The van der Waals surface area contributed by atoms with Crippen LogP contribution in [0.25, 0.3) is 27.4 Å². The molecule has 1 saturated heterocycles. The molecule has 2 aliphatic heterocycles. The van der Waals surface area contributed by atoms with Gasteiger partial charge in [-0.1, -0.05) is 49.7 Å². The maximum Gasteiger partial charge on any atom is 0.256 e. The van der Waals surface area contributed by atoms with Crippen molar-refractivity contribution in [3.8, 4) is 17.2 Å². The number of hydrogen-bond acceptors (Lipinski definition) is 6. The molecule has 3 N–H and O–H groups in total. The molecule has 3 heterocycles. The molecule has 9 heteroatoms. The molecule has 1 fully saturated rings. The van der Waals surface area contributed by atoms with E-state index in [1.54, 1.807) is 4.57 Å². The van der Waals surface area contributed by atoms with Crippen molar-refractivity contribution >= 4 is 39.0 Å². The number of aromatic nitrogens is 1. The molecular formula is C37H40FN5O3. The van der Waals surface area contributed by atoms with Crippen LogP contribution in [0.1, 0.15) is 48.5 Å². The highest BCUT2D eigenvalue weighted by atomic mass is 19.1. The zero-order chi connectivity index (χ0) is 32.4. The number of amides is 1. The van der Waals surface area contributed by atoms with Crippen molar-refractivity contribution in [2.24, 2.45) is 0 Å². The highest BCUT2D eigenvalue weighted by molar-refractivity contribution is 6.02. The second-order valence-corrected chi connectivity index (χ2v) is 11.9. The van der Waals surface area contributed by atoms with Gasteiger partial charge in [0.25, 0.3) is 5.91 Å². The molecule has 2 aliphatic rings. The van der Waals surface area contributed by atoms with Crippen LogP contribution in [0, 0.1) is 5.82 Å². The van der Waals surface area contributed by atoms with Crippen LogP contribution in [0.15, 0.2) is 77.7 Å². The lowest BCUT2D eigenvalue weighted by molar-refractivity contribution is 0.0961. The molecule has 238 valence electrons. The summed E-state index contributed by atoms with van der Waals surface area (Å²) in [5.41, 5.74) is 2.43. The van der Waals surface area contributed by atoms with Gasteiger partial charge in [-0.05, 0) is 79.5 Å². The Morgan fingerprint density at radius 1 is 1.04 bits per heavy atom. The molecule has 1 atom stereocenters. The van der Waals surface area contributed by atoms with Crippen LogP contribution in [0.3, 0.4) is 0 Å². The molecule has 0 bridgehead atoms. The van der Waals surface area contributed by atoms with E-state index in [0.717, 1.165) is 28.1 Å². The van der Waals surface area contributed by atoms with E-state index in [0.29, 0.717) is 23.5 Å². The summed E-state index contributed by atoms with van der Waals surface area (Å²) in [7, 11) is 5.53. The van der Waals surface area contributed by atoms with Crippen molar-refractivity contribution < 1.29 is 13.9 Å². The first-order valence-electron chi connectivity index (χ1n) is 15.9. The van der Waals surface area contributed by atoms with Gasteiger partial charge in [0.2, 0.25) is 5.43 Å². The molecular weight excluding hydrogens is 581 g/mol. The number of nitrogens with one attached hydrogen (secondary N) is 3. The minimum Gasteiger partial charge on any atom is -0.451 e. The van der Waals surface area contributed by atoms with Gasteiger partial charge in [-0.2, -0.15) is 0 Å². The van der Waals surface area contributed by atoms with Gasteiger partial charge in [0.15, 0.2) is 17.3 Å². The minimum atomic E-state index is -0.644. The summed E-state index contributed by atoms with van der Waals surface area (Å²) in [6, 6.07) is 21.5. The second kappa shape index (κ2) is 13.2. The number of pyridine rings is 1. The van der Waals surface area contributed by atoms with Crippen LogP contribution in [-0.2, 0) is 6.54 Å². The summed E-state index contributed by atoms with van der Waals surface area (Å²) in [5, 5.41) is 10.7. The number of rotatable bonds is 7. The van der Waals surface area contributed by atoms with E-state index < -0.39 is 17.2 Å². The largest absolute Gasteiger partial charge is 0.451 e. The van der Waals surface area contributed by atoms with Gasteiger partial charge in [-0.25, -0.2) is 4.39 Å². The summed E-state index contributed by atoms with van der Waals surface area (Å²) in [4.78, 5) is 28.3. The van der Waals surface area contributed by atoms with Crippen LogP contribution >= 0.6 is 0 Å². The Morgan fingerprint density at radius 3 is 2.52 bits per heavy atom. The normalized spacial score (nSPS) is 15.1. The molecule has 1 aromatic heterocycles. The second-order valence-electron chi connectivity index (χ2n) is 11.9. The van der Waals surface area contributed by atoms with Crippen LogP contribution in [0.4, 0.5) is 15.8 Å². The maximum atomic E-state index is 15.6. The van der Waals surface area contributed by atoms with Crippen LogP contribution in [-0.4, -0.2) is 49.1 Å². The number of fused-ring (bicyclic) bond motifs is 3. The van der Waals surface area contributed by atoms with Gasteiger partial charge < -0.3 is 30.2 Å². The molecule has 5 aromatic rings. The van der Waals surface area contributed by atoms with E-state index in [1.807, 2.05) is 67.7 Å². The van der Waals surface area contributed by atoms with Crippen molar-refractivity contribution in [1.29, 1.82) is 0 Å². The predicted octanol–water partition coefficient (Wildman–Crippen LogP) is 7.28. The summed E-state index contributed by atoms with van der Waals surface area (Å²) in [5.74, 6) is -0.500. The zero-order valence-corrected chi connectivity index (χ0v) is 26.7. The average Bonchev–Trinajstić information content (AvgIpc) is 3.48. The Morgan fingerprint density at radius 2 is 1.83 bits per heavy atom. The van der Waals surface area contributed by atoms with Crippen molar-refractivity contribution in [2.45, 2.75) is 45.2 Å². The van der Waals surface area contributed by atoms with E-state index in [-0.39, 0.29) is 22.4 Å². The van der Waals surface area contributed by atoms with E-state index in [9.17, 15) is 9.59 Å². The van der Waals surface area contributed by atoms with Crippen molar-refractivity contribution in [3.63, 3.8) is 0 Å². The molecule has 0 radical (unpaired) electrons. The molecule has 0 spiro atoms. The quantitative estimate of drug-likeness (QED) is 0.174. The maximum absolute atomic E-state index is 15.6. The summed E-state index contributed by atoms with van der Waals surface area (Å²) in [6.07, 6.45) is 7.10. The van der Waals surface area contributed by atoms with Crippen LogP contribution < -0.4 is 26.1 Å². The monoisotopic (exact) mass is 621 g/mol. The fourth-order valence-electron chi connectivity index (χ4n) is 6.47. The fraction of sp³-hybridized carbons (Fsp3) is 0.297. The average molecular weight is 622 g/mol. The first kappa shape index (κ1) is 31.1. The number of likely N-dealkylation sites (tertiary alicyclic amines) is 1. The summed E-state index contributed by atoms with van der Waals surface area (Å²) >= 11 is 0. The first-order valence-corrected chi connectivity index (χ1v) is 15.9. The number of nitrogens with zero attached hydrogens (tertiary/aromatic N) is 2. The zero-order valence-electron chi connectivity index (χ0n) is 26.7. The predicted molar refractivity (Wildman–Crippen MR) is 184 cm³/mol. The third-order valence-electron chi connectivity index (χ3n) is 8.94. The Balaban J connectivity index is 0.000000358. The Hall–Kier alpha value is -4.89. The first-order chi connectivity index (χ1) is 22.3. The molecule has 0 aliphatic carbocycles. The third kappa shape index (κ3) is 5.90. The number of carbonyl (C=O) groups is 1. The third-order valence-corrected chi connectivity index (χ3v) is 8.94. The van der Waals surface area contributed by atoms with Gasteiger partial charge in [0.1, 0.15) is 16.8 Å². The highest BCUT2D eigenvalue weighted by Crippen LogP contribution is 2.46. The van der Waals surface area contributed by atoms with Gasteiger partial charge in [-0.15, -0.1) is 0 Å². The van der Waals surface area contributed by atoms with Gasteiger partial charge in [0.05, 0.1) is 11.1 Å². The number of carbonyl (C=O) groups excluding carboxylic acids is 1. The number of halogens is 1. The lowest BCUT2D eigenvalue weighted by Crippen LogP contribution is -2.27. The van der Waals surface area contributed by atoms with E-state index in [1.165, 1.54) is 51.5 Å². The Bertz CT molecular complexity index is 1990. The van der Waals surface area contributed by atoms with Crippen LogP contribution in [0.5, 0.6) is 11.5 Å². The Labute approximate surface area is 268 Å². The van der Waals surface area contributed by atoms with Crippen molar-refractivity contribution in [1.82, 2.24) is 14.8 Å². The lowest BCUT2D eigenvalue weighted by Gasteiger charge is -2.26. The minimum absolute atomic E-state index is 0.0649. The fourth-order valence-corrected chi connectivity index (χ4v) is 6.47. The van der Waals surface area contributed by atoms with E-state index >= 15 is 4.39 Å². The molecule has 0 saturated carbocycles. The van der Waals surface area contributed by atoms with Gasteiger partial charge >= 0.3 is 0 Å². The molecule has 4 aromatic carbocycles. The van der Waals surface area contributed by atoms with Crippen molar-refractivity contribution in [2.75, 3.05) is 38.3 Å². The highest BCUT2D eigenvalue weighted by Gasteiger charge is 2.28. The topological polar surface area (TPSA) is 87.6 Å². The van der Waals surface area contributed by atoms with Gasteiger partial charge in [-0.3, -0.25) is 9.59 Å². The Kier molecular flexibility index (Phi) is 8.94. The smallest absolute Gasteiger partial charge is 0.256 e. The molecule has 1 unspecified atom stereocenters. The standard InChI is InChI=1S/C29H23FN4O3.C8H17N/c1-31-19-9-5-6-16(10-19)14-33-25-22(30)13-20-26-28(25)37-24-12-18-8-4-3-7-17(18)11-23(24)34(26)15-21(27(20)35)29(36)32-2;1-3-5-8-6-4-7-9(8)2/h3-13,15,31,33H,14H2,1-2H3,(H,32,36);8H,3-7H2,1-2H3. The molecule has 7 rings (SSSR count). The molecule has 46 heavy (non-hydrogen) atoms. The summed E-state index contributed by atoms with van der Waals surface area (Å²) < 4.78 is 23.6. The molecule has 8 nitrogen and oxygen atoms in total. The summed E-state index contributed by atoms with van der Waals surface area (Å²) in [6.45, 7) is 3.93. The van der Waals surface area contributed by atoms with Crippen LogP contribution in [0.2, 0.25) is 0 Å². The van der Waals surface area contributed by atoms with Gasteiger partial charge in [0, 0.05) is 38.6 Å². The van der Waals surface area contributed by atoms with E-state index in [4.69, 9.17) is 4.74 Å². The van der Waals surface area contributed by atoms with Crippen molar-refractivity contribution in [3.05, 3.63) is 100 Å². The number of anilines is 2. The number of benzene rings is 4. The molecule has 1 amide bonds. The number of ether oxygens (including phenoxy) is 1. The lowest BCUT2D eigenvalue weighted by atomic mass is 10.0. The number of hydrogen-bond donors (Lipinski definition) is 3.